The summed E-state index contributed by atoms with van der Waals surface area (Å²) in [5.74, 6) is -0.246. The fraction of sp³-hybridized carbons (Fsp3) is 0.452. The van der Waals surface area contributed by atoms with Crippen LogP contribution in [0.15, 0.2) is 55.1 Å². The molecule has 3 rings (SSSR count). The molecule has 2 unspecified atom stereocenters. The van der Waals surface area contributed by atoms with Gasteiger partial charge in [0.25, 0.3) is 0 Å². The van der Waals surface area contributed by atoms with Crippen molar-refractivity contribution >= 4 is 18.2 Å². The van der Waals surface area contributed by atoms with Crippen LogP contribution in [0.5, 0.6) is 11.5 Å². The molecule has 1 fully saturated rings. The lowest BCUT2D eigenvalue weighted by atomic mass is 9.79. The van der Waals surface area contributed by atoms with E-state index in [1.807, 2.05) is 20.8 Å². The number of hydrogen-bond acceptors (Lipinski definition) is 9. The Morgan fingerprint density at radius 3 is 2.42 bits per heavy atom. The Labute approximate surface area is 235 Å². The standard InChI is InChI=1S/C31H38O9/c1-6-14-36-30(35)28-20(4)19(3)21(5)31(40-28)39-27-13-12-26(15-24(27)16-32)37-17-22-8-10-23(11-9-22)29(34)38-18-25(33)7-2/h6,8-13,15-16,19-21,25,28,31,33H,1,7,14,17-18H2,2-5H3/t19-,20-,21?,25+,28?,31+/m0/s1. The van der Waals surface area contributed by atoms with Gasteiger partial charge in [-0.2, -0.15) is 0 Å². The third-order valence-electron chi connectivity index (χ3n) is 7.25. The lowest BCUT2D eigenvalue weighted by molar-refractivity contribution is -0.222. The molecule has 0 spiro atoms. The van der Waals surface area contributed by atoms with Gasteiger partial charge in [0.05, 0.1) is 17.2 Å². The molecule has 6 atom stereocenters. The van der Waals surface area contributed by atoms with Crippen molar-refractivity contribution in [3.05, 3.63) is 71.8 Å². The Morgan fingerprint density at radius 2 is 1.77 bits per heavy atom. The monoisotopic (exact) mass is 554 g/mol. The molecule has 0 aromatic heterocycles. The summed E-state index contributed by atoms with van der Waals surface area (Å²) < 4.78 is 28.3. The number of rotatable bonds is 13. The summed E-state index contributed by atoms with van der Waals surface area (Å²) in [4.78, 5) is 36.5. The second-order valence-corrected chi connectivity index (χ2v) is 10.0. The molecule has 9 heteroatoms. The molecule has 0 amide bonds. The van der Waals surface area contributed by atoms with Crippen LogP contribution < -0.4 is 9.47 Å². The molecule has 0 aliphatic carbocycles. The van der Waals surface area contributed by atoms with Crippen LogP contribution >= 0.6 is 0 Å². The van der Waals surface area contributed by atoms with Crippen LogP contribution in [0.25, 0.3) is 0 Å². The van der Waals surface area contributed by atoms with Gasteiger partial charge >= 0.3 is 11.9 Å². The molecule has 2 aromatic rings. The lowest BCUT2D eigenvalue weighted by Gasteiger charge is -2.42. The molecule has 0 bridgehead atoms. The van der Waals surface area contributed by atoms with E-state index in [0.29, 0.717) is 29.8 Å². The van der Waals surface area contributed by atoms with E-state index in [1.54, 1.807) is 49.4 Å². The quantitative estimate of drug-likeness (QED) is 0.213. The van der Waals surface area contributed by atoms with Crippen LogP contribution in [0.3, 0.4) is 0 Å². The van der Waals surface area contributed by atoms with E-state index in [-0.39, 0.29) is 43.1 Å². The van der Waals surface area contributed by atoms with Gasteiger partial charge in [0, 0.05) is 5.92 Å². The summed E-state index contributed by atoms with van der Waals surface area (Å²) in [6.07, 6.45) is 0.440. The van der Waals surface area contributed by atoms with Crippen LogP contribution in [0, 0.1) is 17.8 Å². The highest BCUT2D eigenvalue weighted by molar-refractivity contribution is 5.89. The highest BCUT2D eigenvalue weighted by Crippen LogP contribution is 2.37. The average molecular weight is 555 g/mol. The molecule has 1 heterocycles. The molecule has 40 heavy (non-hydrogen) atoms. The Balaban J connectivity index is 1.62. The van der Waals surface area contributed by atoms with Gasteiger partial charge in [-0.25, -0.2) is 9.59 Å². The third-order valence-corrected chi connectivity index (χ3v) is 7.25. The van der Waals surface area contributed by atoms with Gasteiger partial charge in [0.1, 0.15) is 31.3 Å². The first kappa shape index (κ1) is 30.8. The molecule has 1 aliphatic rings. The zero-order chi connectivity index (χ0) is 29.2. The number of aliphatic hydroxyl groups is 1. The zero-order valence-corrected chi connectivity index (χ0v) is 23.4. The number of ether oxygens (including phenoxy) is 5. The second-order valence-electron chi connectivity index (χ2n) is 10.0. The van der Waals surface area contributed by atoms with Crippen molar-refractivity contribution in [2.45, 2.75) is 59.2 Å². The molecule has 9 nitrogen and oxygen atoms in total. The van der Waals surface area contributed by atoms with E-state index in [9.17, 15) is 19.5 Å². The Kier molecular flexibility index (Phi) is 11.3. The summed E-state index contributed by atoms with van der Waals surface area (Å²) in [5.41, 5.74) is 1.45. The predicted octanol–water partition coefficient (Wildman–Crippen LogP) is 4.75. The molecule has 1 aliphatic heterocycles. The number of benzene rings is 2. The largest absolute Gasteiger partial charge is 0.489 e. The first-order valence-corrected chi connectivity index (χ1v) is 13.4. The molecule has 0 saturated carbocycles. The Hall–Kier alpha value is -3.69. The number of hydrogen-bond donors (Lipinski definition) is 1. The van der Waals surface area contributed by atoms with Crippen LogP contribution in [-0.2, 0) is 25.6 Å². The lowest BCUT2D eigenvalue weighted by Crippen LogP contribution is -2.50. The minimum Gasteiger partial charge on any atom is -0.489 e. The highest BCUT2D eigenvalue weighted by atomic mass is 16.7. The Morgan fingerprint density at radius 1 is 1.05 bits per heavy atom. The zero-order valence-electron chi connectivity index (χ0n) is 23.4. The molecule has 2 aromatic carbocycles. The smallest absolute Gasteiger partial charge is 0.338 e. The van der Waals surface area contributed by atoms with Gasteiger partial charge in [0.15, 0.2) is 12.4 Å². The molecule has 0 radical (unpaired) electrons. The normalized spacial score (nSPS) is 23.0. The first-order valence-electron chi connectivity index (χ1n) is 13.4. The van der Waals surface area contributed by atoms with Crippen molar-refractivity contribution in [1.82, 2.24) is 0 Å². The molecular weight excluding hydrogens is 516 g/mol. The van der Waals surface area contributed by atoms with E-state index >= 15 is 0 Å². The van der Waals surface area contributed by atoms with E-state index in [1.165, 1.54) is 6.08 Å². The number of aliphatic hydroxyl groups excluding tert-OH is 1. The topological polar surface area (TPSA) is 118 Å². The van der Waals surface area contributed by atoms with E-state index < -0.39 is 30.4 Å². The van der Waals surface area contributed by atoms with Crippen LogP contribution in [0.4, 0.5) is 0 Å². The van der Waals surface area contributed by atoms with Crippen molar-refractivity contribution in [3.63, 3.8) is 0 Å². The maximum atomic E-state index is 12.5. The summed E-state index contributed by atoms with van der Waals surface area (Å²) in [6, 6.07) is 11.6. The maximum Gasteiger partial charge on any atom is 0.338 e. The van der Waals surface area contributed by atoms with Gasteiger partial charge in [-0.1, -0.05) is 52.5 Å². The Bertz CT molecular complexity index is 1160. The van der Waals surface area contributed by atoms with Crippen molar-refractivity contribution < 1.29 is 43.2 Å². The van der Waals surface area contributed by atoms with Gasteiger partial charge in [-0.05, 0) is 54.2 Å². The summed E-state index contributed by atoms with van der Waals surface area (Å²) in [7, 11) is 0. The number of carbonyl (C=O) groups is 3. The highest BCUT2D eigenvalue weighted by Gasteiger charge is 2.44. The summed E-state index contributed by atoms with van der Waals surface area (Å²) in [6.45, 7) is 11.6. The molecule has 1 N–H and O–H groups in total. The fourth-order valence-corrected chi connectivity index (χ4v) is 4.24. The minimum atomic E-state index is -0.797. The molecule has 1 saturated heterocycles. The number of carbonyl (C=O) groups excluding carboxylic acids is 3. The van der Waals surface area contributed by atoms with Gasteiger partial charge in [-0.3, -0.25) is 4.79 Å². The van der Waals surface area contributed by atoms with Crippen molar-refractivity contribution in [1.29, 1.82) is 0 Å². The fourth-order valence-electron chi connectivity index (χ4n) is 4.24. The summed E-state index contributed by atoms with van der Waals surface area (Å²) >= 11 is 0. The second kappa shape index (κ2) is 14.6. The van der Waals surface area contributed by atoms with Gasteiger partial charge < -0.3 is 28.8 Å². The van der Waals surface area contributed by atoms with Crippen molar-refractivity contribution in [2.24, 2.45) is 17.8 Å². The van der Waals surface area contributed by atoms with Crippen LogP contribution in [0.2, 0.25) is 0 Å². The van der Waals surface area contributed by atoms with E-state index in [4.69, 9.17) is 23.7 Å². The van der Waals surface area contributed by atoms with Crippen molar-refractivity contribution in [2.75, 3.05) is 13.2 Å². The van der Waals surface area contributed by atoms with Crippen LogP contribution in [-0.4, -0.2) is 55.0 Å². The van der Waals surface area contributed by atoms with E-state index in [2.05, 4.69) is 6.58 Å². The third kappa shape index (κ3) is 7.92. The maximum absolute atomic E-state index is 12.5. The predicted molar refractivity (Wildman–Crippen MR) is 147 cm³/mol. The number of esters is 2. The van der Waals surface area contributed by atoms with Crippen LogP contribution in [0.1, 0.15) is 60.4 Å². The summed E-state index contributed by atoms with van der Waals surface area (Å²) in [5, 5.41) is 9.55. The van der Waals surface area contributed by atoms with E-state index in [0.717, 1.165) is 5.56 Å². The minimum absolute atomic E-state index is 0.0498. The van der Waals surface area contributed by atoms with Gasteiger partial charge in [0.2, 0.25) is 6.29 Å². The number of aldehydes is 1. The first-order chi connectivity index (χ1) is 19.2. The average Bonchev–Trinajstić information content (AvgIpc) is 2.98. The molecular formula is C31H38O9. The van der Waals surface area contributed by atoms with Gasteiger partial charge in [-0.15, -0.1) is 0 Å². The van der Waals surface area contributed by atoms with Crippen molar-refractivity contribution in [3.8, 4) is 11.5 Å². The molecule has 216 valence electrons. The SMILES string of the molecule is C=CCOC(=O)C1O[C@@H](Oc2ccc(OCc3ccc(C(=O)OC[C@H](O)CC)cc3)cc2C=O)C(C)[C@@H](C)[C@@H]1C.